The highest BCUT2D eigenvalue weighted by Crippen LogP contribution is 2.24. The average Bonchev–Trinajstić information content (AvgIpc) is 2.46. The van der Waals surface area contributed by atoms with Crippen LogP contribution in [0.4, 0.5) is 10.5 Å². The summed E-state index contributed by atoms with van der Waals surface area (Å²) in [5, 5.41) is 11.9. The van der Waals surface area contributed by atoms with Crippen LogP contribution in [0.3, 0.4) is 0 Å². The van der Waals surface area contributed by atoms with Crippen LogP contribution in [0, 0.1) is 0 Å². The minimum absolute atomic E-state index is 0.121. The number of nitrogens with zero attached hydrogens (tertiary/aromatic N) is 2. The second kappa shape index (κ2) is 4.86. The molecule has 3 rings (SSSR count). The fraction of sp³-hybridized carbons (Fsp3) is 0.143. The van der Waals surface area contributed by atoms with Gasteiger partial charge in [0, 0.05) is 18.4 Å². The van der Waals surface area contributed by atoms with E-state index in [9.17, 15) is 19.5 Å². The van der Waals surface area contributed by atoms with Crippen molar-refractivity contribution >= 4 is 34.5 Å². The van der Waals surface area contributed by atoms with Crippen LogP contribution in [-0.2, 0) is 4.79 Å². The number of carboxylic acid groups (broad SMARTS) is 1. The number of aromatic carboxylic acids is 1. The molecule has 0 radical (unpaired) electrons. The van der Waals surface area contributed by atoms with Crippen LogP contribution in [0.1, 0.15) is 16.8 Å². The molecule has 3 amide bonds. The number of hydrogen-bond acceptors (Lipinski definition) is 4. The second-order valence-corrected chi connectivity index (χ2v) is 4.63. The molecular formula is C14H11N3O4. The summed E-state index contributed by atoms with van der Waals surface area (Å²) in [6, 6.07) is 5.87. The van der Waals surface area contributed by atoms with Crippen LogP contribution in [0.2, 0.25) is 0 Å². The van der Waals surface area contributed by atoms with Crippen LogP contribution >= 0.6 is 0 Å². The predicted octanol–water partition coefficient (Wildman–Crippen LogP) is 1.38. The maximum atomic E-state index is 11.8. The Morgan fingerprint density at radius 3 is 2.86 bits per heavy atom. The number of fused-ring (bicyclic) bond motifs is 1. The van der Waals surface area contributed by atoms with E-state index in [1.807, 2.05) is 0 Å². The van der Waals surface area contributed by atoms with Gasteiger partial charge in [-0.2, -0.15) is 0 Å². The van der Waals surface area contributed by atoms with Crippen molar-refractivity contribution in [3.63, 3.8) is 0 Å². The third-order valence-electron chi connectivity index (χ3n) is 3.31. The molecule has 0 bridgehead atoms. The van der Waals surface area contributed by atoms with Crippen LogP contribution in [-0.4, -0.2) is 34.5 Å². The molecule has 1 fully saturated rings. The Kier molecular flexibility index (Phi) is 3.02. The lowest BCUT2D eigenvalue weighted by Crippen LogP contribution is -2.49. The van der Waals surface area contributed by atoms with Crippen molar-refractivity contribution in [1.82, 2.24) is 10.3 Å². The van der Waals surface area contributed by atoms with Crippen LogP contribution < -0.4 is 10.2 Å². The first-order chi connectivity index (χ1) is 10.1. The Morgan fingerprint density at radius 2 is 2.14 bits per heavy atom. The summed E-state index contributed by atoms with van der Waals surface area (Å²) in [5.41, 5.74) is 1.11. The maximum absolute atomic E-state index is 11.8. The average molecular weight is 285 g/mol. The zero-order valence-corrected chi connectivity index (χ0v) is 10.9. The third-order valence-corrected chi connectivity index (χ3v) is 3.31. The van der Waals surface area contributed by atoms with Gasteiger partial charge >= 0.3 is 12.0 Å². The van der Waals surface area contributed by atoms with E-state index in [2.05, 4.69) is 10.3 Å². The molecular weight excluding hydrogens is 274 g/mol. The molecule has 7 heteroatoms. The van der Waals surface area contributed by atoms with Crippen LogP contribution in [0.25, 0.3) is 10.9 Å². The molecule has 2 aromatic rings. The summed E-state index contributed by atoms with van der Waals surface area (Å²) >= 11 is 0. The lowest BCUT2D eigenvalue weighted by atomic mass is 10.1. The molecule has 1 aliphatic rings. The van der Waals surface area contributed by atoms with E-state index >= 15 is 0 Å². The number of carbonyl (C=O) groups is 3. The van der Waals surface area contributed by atoms with Gasteiger partial charge in [-0.15, -0.1) is 0 Å². The summed E-state index contributed by atoms with van der Waals surface area (Å²) < 4.78 is 0. The molecule has 0 atom stereocenters. The van der Waals surface area contributed by atoms with Crippen molar-refractivity contribution in [2.45, 2.75) is 6.42 Å². The summed E-state index contributed by atoms with van der Waals surface area (Å²) in [5.74, 6) is -1.38. The van der Waals surface area contributed by atoms with E-state index < -0.39 is 12.0 Å². The first-order valence-corrected chi connectivity index (χ1v) is 6.29. The SMILES string of the molecule is O=C1CCN(c2cnc3cccc(C(=O)O)c3c2)C(=O)N1. The zero-order valence-electron chi connectivity index (χ0n) is 10.9. The first kappa shape index (κ1) is 13.0. The van der Waals surface area contributed by atoms with Gasteiger partial charge in [-0.25, -0.2) is 9.59 Å². The highest BCUT2D eigenvalue weighted by molar-refractivity contribution is 6.07. The van der Waals surface area contributed by atoms with E-state index in [-0.39, 0.29) is 24.4 Å². The van der Waals surface area contributed by atoms with Crippen molar-refractivity contribution in [1.29, 1.82) is 0 Å². The number of hydrogen-bond donors (Lipinski definition) is 2. The molecule has 1 aromatic heterocycles. The predicted molar refractivity (Wildman–Crippen MR) is 74.2 cm³/mol. The van der Waals surface area contributed by atoms with Gasteiger partial charge in [0.05, 0.1) is 23.0 Å². The minimum atomic E-state index is -1.06. The number of pyridine rings is 1. The van der Waals surface area contributed by atoms with Gasteiger partial charge in [-0.1, -0.05) is 6.07 Å². The molecule has 21 heavy (non-hydrogen) atoms. The standard InChI is InChI=1S/C14H11N3O4/c18-12-4-5-17(14(21)16-12)8-6-10-9(13(19)20)2-1-3-11(10)15-7-8/h1-3,6-7H,4-5H2,(H,19,20)(H,16,18,21). The quantitative estimate of drug-likeness (QED) is 0.868. The molecule has 1 aliphatic heterocycles. The van der Waals surface area contributed by atoms with Crippen LogP contribution in [0.5, 0.6) is 0 Å². The number of nitrogens with one attached hydrogen (secondary N) is 1. The fourth-order valence-corrected chi connectivity index (χ4v) is 2.28. The fourth-order valence-electron chi connectivity index (χ4n) is 2.28. The third kappa shape index (κ3) is 2.29. The van der Waals surface area contributed by atoms with Gasteiger partial charge in [0.25, 0.3) is 0 Å². The molecule has 2 N–H and O–H groups in total. The highest BCUT2D eigenvalue weighted by atomic mass is 16.4. The van der Waals surface area contributed by atoms with E-state index in [1.54, 1.807) is 18.2 Å². The number of rotatable bonds is 2. The number of anilines is 1. The van der Waals surface area contributed by atoms with Crippen molar-refractivity contribution in [2.75, 3.05) is 11.4 Å². The molecule has 7 nitrogen and oxygen atoms in total. The van der Waals surface area contributed by atoms with Crippen molar-refractivity contribution in [3.8, 4) is 0 Å². The van der Waals surface area contributed by atoms with Crippen molar-refractivity contribution in [2.24, 2.45) is 0 Å². The Labute approximate surface area is 119 Å². The Bertz CT molecular complexity index is 772. The summed E-state index contributed by atoms with van der Waals surface area (Å²) in [4.78, 5) is 39.8. The van der Waals surface area contributed by atoms with E-state index in [1.165, 1.54) is 17.2 Å². The number of carbonyl (C=O) groups excluding carboxylic acids is 2. The van der Waals surface area contributed by atoms with Crippen LogP contribution in [0.15, 0.2) is 30.5 Å². The molecule has 2 heterocycles. The van der Waals surface area contributed by atoms with Crippen molar-refractivity contribution in [3.05, 3.63) is 36.0 Å². The zero-order chi connectivity index (χ0) is 15.0. The smallest absolute Gasteiger partial charge is 0.336 e. The van der Waals surface area contributed by atoms with Gasteiger partial charge in [-0.3, -0.25) is 20.0 Å². The van der Waals surface area contributed by atoms with Crippen molar-refractivity contribution < 1.29 is 19.5 Å². The summed E-state index contributed by atoms with van der Waals surface area (Å²) in [7, 11) is 0. The lowest BCUT2D eigenvalue weighted by molar-refractivity contribution is -0.120. The number of urea groups is 1. The molecule has 1 aromatic carbocycles. The highest BCUT2D eigenvalue weighted by Gasteiger charge is 2.25. The second-order valence-electron chi connectivity index (χ2n) is 4.63. The molecule has 0 unspecified atom stereocenters. The lowest BCUT2D eigenvalue weighted by Gasteiger charge is -2.26. The molecule has 1 saturated heterocycles. The number of carboxylic acids is 1. The molecule has 0 aliphatic carbocycles. The van der Waals surface area contributed by atoms with E-state index in [4.69, 9.17) is 0 Å². The van der Waals surface area contributed by atoms with E-state index in [0.29, 0.717) is 16.6 Å². The maximum Gasteiger partial charge on any atom is 0.336 e. The first-order valence-electron chi connectivity index (χ1n) is 6.29. The summed E-state index contributed by atoms with van der Waals surface area (Å²) in [6.07, 6.45) is 1.69. The summed E-state index contributed by atoms with van der Waals surface area (Å²) in [6.45, 7) is 0.243. The largest absolute Gasteiger partial charge is 0.478 e. The van der Waals surface area contributed by atoms with Gasteiger partial charge in [-0.05, 0) is 18.2 Å². The number of imide groups is 1. The Morgan fingerprint density at radius 1 is 1.33 bits per heavy atom. The van der Waals surface area contributed by atoms with E-state index in [0.717, 1.165) is 0 Å². The molecule has 106 valence electrons. The number of aromatic nitrogens is 1. The normalized spacial score (nSPS) is 15.1. The molecule has 0 spiro atoms. The van der Waals surface area contributed by atoms with Gasteiger partial charge < -0.3 is 5.11 Å². The monoisotopic (exact) mass is 285 g/mol. The van der Waals surface area contributed by atoms with Gasteiger partial charge in [0.1, 0.15) is 0 Å². The van der Waals surface area contributed by atoms with Gasteiger partial charge in [0.2, 0.25) is 5.91 Å². The number of amides is 3. The number of benzene rings is 1. The van der Waals surface area contributed by atoms with Gasteiger partial charge in [0.15, 0.2) is 0 Å². The minimum Gasteiger partial charge on any atom is -0.478 e. The topological polar surface area (TPSA) is 99.6 Å². The molecule has 0 saturated carbocycles. The Hall–Kier alpha value is -2.96. The Balaban J connectivity index is 2.08.